The third-order valence-corrected chi connectivity index (χ3v) is 3.91. The lowest BCUT2D eigenvalue weighted by atomic mass is 10.1. The molecule has 2 rings (SSSR count). The summed E-state index contributed by atoms with van der Waals surface area (Å²) < 4.78 is 0. The highest BCUT2D eigenvalue weighted by molar-refractivity contribution is 6.41. The number of aryl methyl sites for hydroxylation is 2. The third-order valence-electron chi connectivity index (χ3n) is 3.14. The minimum atomic E-state index is 0.659. The Kier molecular flexibility index (Phi) is 4.54. The van der Waals surface area contributed by atoms with Gasteiger partial charge in [-0.25, -0.2) is 0 Å². The van der Waals surface area contributed by atoms with Crippen molar-refractivity contribution in [1.82, 2.24) is 4.98 Å². The smallest absolute Gasteiger partial charge is 0.0927 e. The van der Waals surface area contributed by atoms with E-state index in [-0.39, 0.29) is 0 Å². The molecule has 4 heteroatoms. The first-order chi connectivity index (χ1) is 9.08. The number of anilines is 1. The Morgan fingerprint density at radius 3 is 2.58 bits per heavy atom. The molecule has 19 heavy (non-hydrogen) atoms. The lowest BCUT2D eigenvalue weighted by Gasteiger charge is -2.14. The molecule has 0 atom stereocenters. The maximum Gasteiger partial charge on any atom is 0.0927 e. The van der Waals surface area contributed by atoms with Crippen molar-refractivity contribution >= 4 is 39.8 Å². The summed E-state index contributed by atoms with van der Waals surface area (Å²) in [5.74, 6) is 0. The molecule has 0 radical (unpaired) electrons. The summed E-state index contributed by atoms with van der Waals surface area (Å²) in [4.78, 5) is 4.61. The molecule has 1 aromatic carbocycles. The largest absolute Gasteiger partial charge is 0.384 e. The molecule has 1 heterocycles. The minimum absolute atomic E-state index is 0.659. The lowest BCUT2D eigenvalue weighted by molar-refractivity contribution is 0.977. The quantitative estimate of drug-likeness (QED) is 0.835. The van der Waals surface area contributed by atoms with Crippen LogP contribution in [-0.4, -0.2) is 11.5 Å². The number of aromatic nitrogens is 1. The molecule has 0 aliphatic carbocycles. The van der Waals surface area contributed by atoms with Crippen LogP contribution in [0.1, 0.15) is 31.5 Å². The second-order valence-corrected chi connectivity index (χ2v) is 5.44. The van der Waals surface area contributed by atoms with Crippen molar-refractivity contribution in [3.05, 3.63) is 33.4 Å². The van der Waals surface area contributed by atoms with E-state index >= 15 is 0 Å². The molecule has 0 saturated heterocycles. The number of benzene rings is 1. The summed E-state index contributed by atoms with van der Waals surface area (Å²) in [6.45, 7) is 7.09. The normalized spacial score (nSPS) is 11.0. The van der Waals surface area contributed by atoms with Gasteiger partial charge < -0.3 is 5.32 Å². The van der Waals surface area contributed by atoms with Gasteiger partial charge in [-0.3, -0.25) is 4.98 Å². The molecule has 0 saturated carbocycles. The second-order valence-electron chi connectivity index (χ2n) is 4.65. The van der Waals surface area contributed by atoms with Crippen molar-refractivity contribution < 1.29 is 0 Å². The zero-order chi connectivity index (χ0) is 14.0. The number of halogens is 2. The molecule has 2 nitrogen and oxygen atoms in total. The summed E-state index contributed by atoms with van der Waals surface area (Å²) in [6.07, 6.45) is 1.93. The zero-order valence-electron chi connectivity index (χ0n) is 11.5. The summed E-state index contributed by atoms with van der Waals surface area (Å²) in [7, 11) is 0. The van der Waals surface area contributed by atoms with Gasteiger partial charge in [0.25, 0.3) is 0 Å². The van der Waals surface area contributed by atoms with E-state index in [1.807, 2.05) is 13.0 Å². The van der Waals surface area contributed by atoms with Crippen LogP contribution in [0.15, 0.2) is 12.1 Å². The zero-order valence-corrected chi connectivity index (χ0v) is 13.0. The average Bonchev–Trinajstić information content (AvgIpc) is 2.41. The summed E-state index contributed by atoms with van der Waals surface area (Å²) in [5, 5.41) is 5.74. The highest BCUT2D eigenvalue weighted by atomic mass is 35.5. The first-order valence-electron chi connectivity index (χ1n) is 6.60. The molecule has 1 aromatic heterocycles. The topological polar surface area (TPSA) is 24.9 Å². The van der Waals surface area contributed by atoms with Crippen molar-refractivity contribution in [2.24, 2.45) is 0 Å². The van der Waals surface area contributed by atoms with Crippen molar-refractivity contribution in [1.29, 1.82) is 0 Å². The maximum absolute atomic E-state index is 6.44. The van der Waals surface area contributed by atoms with Crippen LogP contribution >= 0.6 is 23.2 Å². The van der Waals surface area contributed by atoms with E-state index in [4.69, 9.17) is 23.2 Å². The van der Waals surface area contributed by atoms with Crippen LogP contribution in [0, 0.1) is 6.92 Å². The number of fused-ring (bicyclic) bond motifs is 1. The Morgan fingerprint density at radius 2 is 1.95 bits per heavy atom. The van der Waals surface area contributed by atoms with E-state index in [1.54, 1.807) is 0 Å². The molecule has 0 aliphatic rings. The molecule has 0 amide bonds. The van der Waals surface area contributed by atoms with Crippen molar-refractivity contribution in [3.8, 4) is 0 Å². The third kappa shape index (κ3) is 2.80. The van der Waals surface area contributed by atoms with Crippen LogP contribution < -0.4 is 5.32 Å². The van der Waals surface area contributed by atoms with Crippen LogP contribution in [0.25, 0.3) is 10.9 Å². The van der Waals surface area contributed by atoms with E-state index < -0.39 is 0 Å². The van der Waals surface area contributed by atoms with E-state index in [9.17, 15) is 0 Å². The highest BCUT2D eigenvalue weighted by Gasteiger charge is 2.13. The molecule has 0 bridgehead atoms. The molecular formula is C15H18Cl2N2. The lowest BCUT2D eigenvalue weighted by Crippen LogP contribution is -2.03. The van der Waals surface area contributed by atoms with Gasteiger partial charge in [0.05, 0.1) is 15.6 Å². The first kappa shape index (κ1) is 14.4. The van der Waals surface area contributed by atoms with Crippen LogP contribution in [0.4, 0.5) is 5.69 Å². The fourth-order valence-corrected chi connectivity index (χ4v) is 2.64. The van der Waals surface area contributed by atoms with Gasteiger partial charge in [-0.2, -0.15) is 0 Å². The highest BCUT2D eigenvalue weighted by Crippen LogP contribution is 2.36. The molecule has 0 unspecified atom stereocenters. The summed E-state index contributed by atoms with van der Waals surface area (Å²) in [5.41, 5.74) is 3.81. The number of rotatable bonds is 4. The number of hydrogen-bond acceptors (Lipinski definition) is 2. The average molecular weight is 297 g/mol. The van der Waals surface area contributed by atoms with Crippen molar-refractivity contribution in [3.63, 3.8) is 0 Å². The van der Waals surface area contributed by atoms with Gasteiger partial charge in [0.1, 0.15) is 0 Å². The van der Waals surface area contributed by atoms with Gasteiger partial charge >= 0.3 is 0 Å². The second kappa shape index (κ2) is 5.98. The van der Waals surface area contributed by atoms with Crippen LogP contribution in [0.5, 0.6) is 0 Å². The molecule has 2 aromatic rings. The summed E-state index contributed by atoms with van der Waals surface area (Å²) >= 11 is 12.8. The Bertz CT molecular complexity index is 609. The van der Waals surface area contributed by atoms with Crippen molar-refractivity contribution in [2.45, 2.75) is 33.6 Å². The van der Waals surface area contributed by atoms with Gasteiger partial charge in [-0.05, 0) is 37.5 Å². The maximum atomic E-state index is 6.44. The molecule has 0 fully saturated rings. The number of nitrogens with one attached hydrogen (secondary N) is 1. The van der Waals surface area contributed by atoms with Crippen LogP contribution in [0.3, 0.4) is 0 Å². The van der Waals surface area contributed by atoms with E-state index in [2.05, 4.69) is 30.2 Å². The monoisotopic (exact) mass is 296 g/mol. The molecule has 0 spiro atoms. The molecular weight excluding hydrogens is 279 g/mol. The minimum Gasteiger partial charge on any atom is -0.384 e. The van der Waals surface area contributed by atoms with Gasteiger partial charge in [0.15, 0.2) is 0 Å². The Hall–Kier alpha value is -0.990. The number of pyridine rings is 1. The van der Waals surface area contributed by atoms with E-state index in [0.29, 0.717) is 5.02 Å². The molecule has 102 valence electrons. The Balaban J connectivity index is 2.75. The van der Waals surface area contributed by atoms with Crippen LogP contribution in [-0.2, 0) is 6.42 Å². The van der Waals surface area contributed by atoms with Gasteiger partial charge in [-0.15, -0.1) is 0 Å². The Morgan fingerprint density at radius 1 is 1.21 bits per heavy atom. The van der Waals surface area contributed by atoms with E-state index in [1.165, 1.54) is 0 Å². The SMILES string of the molecule is CCCNc1cc(CC)nc2c(Cl)cc(C)c(Cl)c12. The predicted molar refractivity (Wildman–Crippen MR) is 84.7 cm³/mol. The standard InChI is InChI=1S/C15H18Cl2N2/c1-4-6-18-12-8-10(5-2)19-15-11(16)7-9(3)14(17)13(12)15/h7-8H,4-6H2,1-3H3,(H,18,19). The van der Waals surface area contributed by atoms with Crippen LogP contribution in [0.2, 0.25) is 10.0 Å². The summed E-state index contributed by atoms with van der Waals surface area (Å²) in [6, 6.07) is 3.95. The Labute approximate surface area is 124 Å². The van der Waals surface area contributed by atoms with Crippen molar-refractivity contribution in [2.75, 3.05) is 11.9 Å². The van der Waals surface area contributed by atoms with Gasteiger partial charge in [0, 0.05) is 23.3 Å². The van der Waals surface area contributed by atoms with E-state index in [0.717, 1.165) is 52.3 Å². The molecule has 0 aliphatic heterocycles. The number of hydrogen-bond donors (Lipinski definition) is 1. The van der Waals surface area contributed by atoms with Gasteiger partial charge in [0.2, 0.25) is 0 Å². The first-order valence-corrected chi connectivity index (χ1v) is 7.36. The fraction of sp³-hybridized carbons (Fsp3) is 0.400. The number of nitrogens with zero attached hydrogens (tertiary/aromatic N) is 1. The predicted octanol–water partition coefficient (Wildman–Crippen LogP) is 5.23. The fourth-order valence-electron chi connectivity index (χ4n) is 2.09. The van der Waals surface area contributed by atoms with Gasteiger partial charge in [-0.1, -0.05) is 37.0 Å². The molecule has 1 N–H and O–H groups in total.